The van der Waals surface area contributed by atoms with E-state index in [0.717, 1.165) is 12.5 Å². The van der Waals surface area contributed by atoms with Gasteiger partial charge in [0, 0.05) is 18.9 Å². The monoisotopic (exact) mass is 323 g/mol. The molecule has 0 unspecified atom stereocenters. The smallest absolute Gasteiger partial charge is 0.384 e. The minimum absolute atomic E-state index is 0.183. The van der Waals surface area contributed by atoms with Crippen molar-refractivity contribution in [3.63, 3.8) is 0 Å². The van der Waals surface area contributed by atoms with Gasteiger partial charge in [0.25, 0.3) is 5.91 Å². The molecule has 0 atom stereocenters. The van der Waals surface area contributed by atoms with Crippen molar-refractivity contribution in [2.24, 2.45) is 0 Å². The first kappa shape index (κ1) is 16.8. The summed E-state index contributed by atoms with van der Waals surface area (Å²) < 4.78 is 38.8. The molecule has 0 aliphatic rings. The van der Waals surface area contributed by atoms with Gasteiger partial charge in [-0.1, -0.05) is 19.1 Å². The molecular formula is C16H16F3N3O. The van der Waals surface area contributed by atoms with E-state index in [1.165, 1.54) is 24.4 Å². The number of carbonyl (C=O) groups excluding carboxylic acids is 1. The Morgan fingerprint density at radius 2 is 1.96 bits per heavy atom. The Bertz CT molecular complexity index is 686. The van der Waals surface area contributed by atoms with E-state index in [0.29, 0.717) is 12.2 Å². The second-order valence-corrected chi connectivity index (χ2v) is 4.89. The number of carbonyl (C=O) groups is 1. The summed E-state index contributed by atoms with van der Waals surface area (Å²) in [6, 6.07) is 6.40. The number of halogens is 3. The Morgan fingerprint density at radius 3 is 2.65 bits per heavy atom. The fraction of sp³-hybridized carbons (Fsp3) is 0.250. The van der Waals surface area contributed by atoms with Gasteiger partial charge in [-0.05, 0) is 24.6 Å². The average molecular weight is 323 g/mol. The maximum absolute atomic E-state index is 12.9. The zero-order valence-electron chi connectivity index (χ0n) is 12.4. The number of nitrogens with one attached hydrogen (secondary N) is 2. The van der Waals surface area contributed by atoms with E-state index in [1.54, 1.807) is 12.3 Å². The molecule has 0 spiro atoms. The van der Waals surface area contributed by atoms with Crippen LogP contribution in [-0.2, 0) is 6.18 Å². The van der Waals surface area contributed by atoms with Crippen LogP contribution < -0.4 is 10.6 Å². The molecule has 1 heterocycles. The first-order valence-electron chi connectivity index (χ1n) is 7.08. The van der Waals surface area contributed by atoms with Gasteiger partial charge in [-0.3, -0.25) is 9.78 Å². The molecule has 0 saturated heterocycles. The number of amides is 1. The van der Waals surface area contributed by atoms with Gasteiger partial charge < -0.3 is 10.6 Å². The van der Waals surface area contributed by atoms with Crippen LogP contribution >= 0.6 is 0 Å². The molecule has 0 saturated carbocycles. The third kappa shape index (κ3) is 4.45. The highest BCUT2D eigenvalue weighted by atomic mass is 19.4. The van der Waals surface area contributed by atoms with Gasteiger partial charge in [0.15, 0.2) is 0 Å². The highest BCUT2D eigenvalue weighted by Crippen LogP contribution is 2.34. The lowest BCUT2D eigenvalue weighted by Crippen LogP contribution is -2.17. The Morgan fingerprint density at radius 1 is 1.22 bits per heavy atom. The highest BCUT2D eigenvalue weighted by molar-refractivity contribution is 6.05. The van der Waals surface area contributed by atoms with Crippen LogP contribution in [0.25, 0.3) is 0 Å². The zero-order chi connectivity index (χ0) is 16.9. The standard InChI is InChI=1S/C16H16F3N3O/c1-2-7-21-12-8-11(9-20-10-12)15(23)22-14-6-4-3-5-13(14)16(17,18)19/h3-6,8-10,21H,2,7H2,1H3,(H,22,23). The van der Waals surface area contributed by atoms with E-state index >= 15 is 0 Å². The number of aromatic nitrogens is 1. The van der Waals surface area contributed by atoms with Crippen LogP contribution in [0.5, 0.6) is 0 Å². The van der Waals surface area contributed by atoms with Crippen LogP contribution in [0.4, 0.5) is 24.5 Å². The number of para-hydroxylation sites is 1. The normalized spacial score (nSPS) is 11.1. The first-order valence-corrected chi connectivity index (χ1v) is 7.08. The molecule has 122 valence electrons. The lowest BCUT2D eigenvalue weighted by molar-refractivity contribution is -0.136. The molecule has 0 bridgehead atoms. The van der Waals surface area contributed by atoms with Gasteiger partial charge >= 0.3 is 6.18 Å². The van der Waals surface area contributed by atoms with Crippen LogP contribution in [0.15, 0.2) is 42.7 Å². The lowest BCUT2D eigenvalue weighted by atomic mass is 10.1. The van der Waals surface area contributed by atoms with E-state index in [2.05, 4.69) is 15.6 Å². The first-order chi connectivity index (χ1) is 10.9. The summed E-state index contributed by atoms with van der Waals surface area (Å²) >= 11 is 0. The number of alkyl halides is 3. The molecule has 0 radical (unpaired) electrons. The van der Waals surface area contributed by atoms with Crippen LogP contribution in [0.3, 0.4) is 0 Å². The molecule has 2 aromatic rings. The van der Waals surface area contributed by atoms with Crippen molar-refractivity contribution in [3.8, 4) is 0 Å². The van der Waals surface area contributed by atoms with Crippen molar-refractivity contribution < 1.29 is 18.0 Å². The quantitative estimate of drug-likeness (QED) is 0.868. The summed E-state index contributed by atoms with van der Waals surface area (Å²) in [5.41, 5.74) is -0.342. The lowest BCUT2D eigenvalue weighted by Gasteiger charge is -2.13. The minimum Gasteiger partial charge on any atom is -0.384 e. The number of anilines is 2. The van der Waals surface area contributed by atoms with Crippen LogP contribution in [0, 0.1) is 0 Å². The third-order valence-corrected chi connectivity index (χ3v) is 3.06. The van der Waals surface area contributed by atoms with Gasteiger partial charge in [-0.15, -0.1) is 0 Å². The van der Waals surface area contributed by atoms with Gasteiger partial charge in [0.1, 0.15) is 0 Å². The maximum atomic E-state index is 12.9. The van der Waals surface area contributed by atoms with Gasteiger partial charge in [0.2, 0.25) is 0 Å². The fourth-order valence-electron chi connectivity index (χ4n) is 1.96. The SMILES string of the molecule is CCCNc1cncc(C(=O)Nc2ccccc2C(F)(F)F)c1. The third-order valence-electron chi connectivity index (χ3n) is 3.06. The molecule has 4 nitrogen and oxygen atoms in total. The Labute approximate surface area is 131 Å². The number of hydrogen-bond acceptors (Lipinski definition) is 3. The van der Waals surface area contributed by atoms with Crippen molar-refractivity contribution in [3.05, 3.63) is 53.9 Å². The molecule has 2 N–H and O–H groups in total. The summed E-state index contributed by atoms with van der Waals surface area (Å²) in [6.45, 7) is 2.70. The minimum atomic E-state index is -4.54. The van der Waals surface area contributed by atoms with Crippen molar-refractivity contribution in [1.29, 1.82) is 0 Å². The average Bonchev–Trinajstić information content (AvgIpc) is 2.52. The molecule has 0 fully saturated rings. The maximum Gasteiger partial charge on any atom is 0.418 e. The Balaban J connectivity index is 2.20. The molecule has 1 aromatic carbocycles. The van der Waals surface area contributed by atoms with Crippen molar-refractivity contribution >= 4 is 17.3 Å². The van der Waals surface area contributed by atoms with E-state index in [1.807, 2.05) is 6.92 Å². The van der Waals surface area contributed by atoms with Crippen LogP contribution in [0.1, 0.15) is 29.3 Å². The molecule has 1 amide bonds. The van der Waals surface area contributed by atoms with E-state index in [-0.39, 0.29) is 11.3 Å². The molecule has 2 rings (SSSR count). The fourth-order valence-corrected chi connectivity index (χ4v) is 1.96. The van der Waals surface area contributed by atoms with Crippen molar-refractivity contribution in [1.82, 2.24) is 4.98 Å². The van der Waals surface area contributed by atoms with Gasteiger partial charge in [-0.2, -0.15) is 13.2 Å². The predicted molar refractivity (Wildman–Crippen MR) is 82.4 cm³/mol. The van der Waals surface area contributed by atoms with Crippen molar-refractivity contribution in [2.45, 2.75) is 19.5 Å². The number of hydrogen-bond donors (Lipinski definition) is 2. The van der Waals surface area contributed by atoms with Crippen LogP contribution in [0.2, 0.25) is 0 Å². The van der Waals surface area contributed by atoms with Crippen molar-refractivity contribution in [2.75, 3.05) is 17.2 Å². The number of rotatable bonds is 5. The Kier molecular flexibility index (Phi) is 5.20. The molecule has 0 aliphatic carbocycles. The number of nitrogens with zero attached hydrogens (tertiary/aromatic N) is 1. The molecule has 0 aliphatic heterocycles. The molecule has 23 heavy (non-hydrogen) atoms. The summed E-state index contributed by atoms with van der Waals surface area (Å²) in [5.74, 6) is -0.644. The molecule has 7 heteroatoms. The largest absolute Gasteiger partial charge is 0.418 e. The van der Waals surface area contributed by atoms with E-state index in [4.69, 9.17) is 0 Å². The molecule has 1 aromatic heterocycles. The zero-order valence-corrected chi connectivity index (χ0v) is 12.4. The number of benzene rings is 1. The van der Waals surface area contributed by atoms with Gasteiger partial charge in [0.05, 0.1) is 22.5 Å². The van der Waals surface area contributed by atoms with E-state index in [9.17, 15) is 18.0 Å². The second-order valence-electron chi connectivity index (χ2n) is 4.89. The summed E-state index contributed by atoms with van der Waals surface area (Å²) in [6.07, 6.45) is -0.777. The second kappa shape index (κ2) is 7.13. The molecular weight excluding hydrogens is 307 g/mol. The summed E-state index contributed by atoms with van der Waals surface area (Å²) in [5, 5.41) is 5.36. The summed E-state index contributed by atoms with van der Waals surface area (Å²) in [7, 11) is 0. The highest BCUT2D eigenvalue weighted by Gasteiger charge is 2.33. The van der Waals surface area contributed by atoms with E-state index < -0.39 is 17.6 Å². The van der Waals surface area contributed by atoms with Crippen LogP contribution in [-0.4, -0.2) is 17.4 Å². The summed E-state index contributed by atoms with van der Waals surface area (Å²) in [4.78, 5) is 16.1. The number of pyridine rings is 1. The Hall–Kier alpha value is -2.57. The van der Waals surface area contributed by atoms with Gasteiger partial charge in [-0.25, -0.2) is 0 Å². The topological polar surface area (TPSA) is 54.0 Å². The predicted octanol–water partition coefficient (Wildman–Crippen LogP) is 4.17.